The van der Waals surface area contributed by atoms with E-state index in [1.54, 1.807) is 0 Å². The molecule has 0 aromatic heterocycles. The first kappa shape index (κ1) is 24.9. The molecule has 0 aliphatic rings. The molecular formula is C23H48NO. The van der Waals surface area contributed by atoms with Crippen molar-refractivity contribution in [1.82, 2.24) is 5.32 Å². The monoisotopic (exact) mass is 354 g/mol. The fraction of sp³-hybridized carbons (Fsp3) is 0.957. The summed E-state index contributed by atoms with van der Waals surface area (Å²) in [5, 5.41) is 12.7. The predicted molar refractivity (Wildman–Crippen MR) is 113 cm³/mol. The van der Waals surface area contributed by atoms with Gasteiger partial charge in [-0.3, -0.25) is 0 Å². The van der Waals surface area contributed by atoms with E-state index in [2.05, 4.69) is 18.8 Å². The highest BCUT2D eigenvalue weighted by atomic mass is 16.3. The smallest absolute Gasteiger partial charge is 0.0512 e. The molecule has 0 fully saturated rings. The number of unbranched alkanes of at least 4 members (excludes halogenated alkanes) is 15. The molecule has 1 atom stereocenters. The SMILES string of the molecule is CCCCCCCCCCCCN[CH]CCCCCCCCC(C)O. The van der Waals surface area contributed by atoms with Crippen LogP contribution in [0.1, 0.15) is 129 Å². The van der Waals surface area contributed by atoms with Crippen LogP contribution in [0, 0.1) is 6.54 Å². The molecule has 0 saturated carbocycles. The van der Waals surface area contributed by atoms with Crippen LogP contribution in [0.4, 0.5) is 0 Å². The van der Waals surface area contributed by atoms with Crippen molar-refractivity contribution in [3.05, 3.63) is 6.54 Å². The summed E-state index contributed by atoms with van der Waals surface area (Å²) >= 11 is 0. The summed E-state index contributed by atoms with van der Waals surface area (Å²) in [5.74, 6) is 0. The topological polar surface area (TPSA) is 32.3 Å². The summed E-state index contributed by atoms with van der Waals surface area (Å²) in [6.07, 6.45) is 24.0. The van der Waals surface area contributed by atoms with E-state index in [4.69, 9.17) is 0 Å². The standard InChI is InChI=1S/C23H48NO/c1-3-4-5-6-7-8-9-12-15-18-21-24-22-19-16-13-10-11-14-17-20-23(2)25/h22-25H,3-21H2,1-2H3. The van der Waals surface area contributed by atoms with E-state index in [1.807, 2.05) is 6.92 Å². The zero-order valence-electron chi connectivity index (χ0n) is 17.5. The van der Waals surface area contributed by atoms with Gasteiger partial charge in [-0.25, -0.2) is 0 Å². The second-order valence-corrected chi connectivity index (χ2v) is 7.89. The third-order valence-corrected chi connectivity index (χ3v) is 5.04. The average Bonchev–Trinajstić information content (AvgIpc) is 2.60. The molecule has 0 aromatic rings. The normalized spacial score (nSPS) is 12.6. The van der Waals surface area contributed by atoms with E-state index in [0.29, 0.717) is 0 Å². The minimum Gasteiger partial charge on any atom is -0.393 e. The quantitative estimate of drug-likeness (QED) is 0.214. The lowest BCUT2D eigenvalue weighted by atomic mass is 10.1. The Kier molecular flexibility index (Phi) is 21.9. The van der Waals surface area contributed by atoms with Gasteiger partial charge >= 0.3 is 0 Å². The maximum atomic E-state index is 9.19. The molecule has 2 N–H and O–H groups in total. The van der Waals surface area contributed by atoms with E-state index < -0.39 is 0 Å². The molecule has 0 aliphatic heterocycles. The average molecular weight is 355 g/mol. The Labute approximate surface area is 159 Å². The van der Waals surface area contributed by atoms with E-state index >= 15 is 0 Å². The van der Waals surface area contributed by atoms with Crippen molar-refractivity contribution in [2.24, 2.45) is 0 Å². The number of aliphatic hydroxyl groups excluding tert-OH is 1. The first-order valence-corrected chi connectivity index (χ1v) is 11.5. The second-order valence-electron chi connectivity index (χ2n) is 7.89. The molecule has 0 saturated heterocycles. The van der Waals surface area contributed by atoms with Gasteiger partial charge in [0, 0.05) is 6.54 Å². The van der Waals surface area contributed by atoms with Crippen LogP contribution in [-0.4, -0.2) is 17.8 Å². The molecule has 0 bridgehead atoms. The molecule has 1 radical (unpaired) electrons. The number of hydrogen-bond acceptors (Lipinski definition) is 2. The van der Waals surface area contributed by atoms with Crippen LogP contribution < -0.4 is 5.32 Å². The summed E-state index contributed by atoms with van der Waals surface area (Å²) in [4.78, 5) is 0. The van der Waals surface area contributed by atoms with Crippen molar-refractivity contribution >= 4 is 0 Å². The number of aliphatic hydroxyl groups is 1. The Balaban J connectivity index is 2.96. The molecule has 0 aromatic carbocycles. The van der Waals surface area contributed by atoms with Crippen LogP contribution >= 0.6 is 0 Å². The molecule has 2 nitrogen and oxygen atoms in total. The third kappa shape index (κ3) is 23.9. The summed E-state index contributed by atoms with van der Waals surface area (Å²) in [5.41, 5.74) is 0. The lowest BCUT2D eigenvalue weighted by molar-refractivity contribution is 0.180. The van der Waals surface area contributed by atoms with Crippen molar-refractivity contribution < 1.29 is 5.11 Å². The maximum absolute atomic E-state index is 9.19. The van der Waals surface area contributed by atoms with Crippen LogP contribution in [0.5, 0.6) is 0 Å². The minimum absolute atomic E-state index is 0.115. The van der Waals surface area contributed by atoms with Crippen molar-refractivity contribution in [2.75, 3.05) is 6.54 Å². The van der Waals surface area contributed by atoms with Crippen LogP contribution in [0.2, 0.25) is 0 Å². The van der Waals surface area contributed by atoms with Gasteiger partial charge < -0.3 is 10.4 Å². The van der Waals surface area contributed by atoms with Crippen molar-refractivity contribution in [3.8, 4) is 0 Å². The van der Waals surface area contributed by atoms with Gasteiger partial charge in [-0.2, -0.15) is 0 Å². The summed E-state index contributed by atoms with van der Waals surface area (Å²) < 4.78 is 0. The predicted octanol–water partition coefficient (Wildman–Crippen LogP) is 7.16. The van der Waals surface area contributed by atoms with Gasteiger partial charge in [0.2, 0.25) is 0 Å². The minimum atomic E-state index is -0.115. The van der Waals surface area contributed by atoms with Gasteiger partial charge in [-0.1, -0.05) is 103 Å². The molecule has 2 heteroatoms. The lowest BCUT2D eigenvalue weighted by Crippen LogP contribution is -2.11. The molecule has 0 amide bonds. The van der Waals surface area contributed by atoms with Crippen LogP contribution in [0.3, 0.4) is 0 Å². The van der Waals surface area contributed by atoms with E-state index in [-0.39, 0.29) is 6.10 Å². The van der Waals surface area contributed by atoms with Crippen LogP contribution in [-0.2, 0) is 0 Å². The molecule has 0 spiro atoms. The van der Waals surface area contributed by atoms with Crippen molar-refractivity contribution in [3.63, 3.8) is 0 Å². The van der Waals surface area contributed by atoms with Gasteiger partial charge in [-0.05, 0) is 32.7 Å². The molecule has 1 unspecified atom stereocenters. The lowest BCUT2D eigenvalue weighted by Gasteiger charge is -2.05. The van der Waals surface area contributed by atoms with Crippen LogP contribution in [0.15, 0.2) is 0 Å². The van der Waals surface area contributed by atoms with Gasteiger partial charge in [0.25, 0.3) is 0 Å². The highest BCUT2D eigenvalue weighted by molar-refractivity contribution is 4.62. The zero-order valence-corrected chi connectivity index (χ0v) is 17.5. The number of nitrogens with one attached hydrogen (secondary N) is 1. The van der Waals surface area contributed by atoms with Gasteiger partial charge in [0.1, 0.15) is 0 Å². The highest BCUT2D eigenvalue weighted by Gasteiger charge is 1.96. The molecular weight excluding hydrogens is 306 g/mol. The number of rotatable bonds is 21. The van der Waals surface area contributed by atoms with Gasteiger partial charge in [-0.15, -0.1) is 0 Å². The summed E-state index contributed by atoms with van der Waals surface area (Å²) in [7, 11) is 0. The second kappa shape index (κ2) is 22.0. The largest absolute Gasteiger partial charge is 0.393 e. The number of hydrogen-bond donors (Lipinski definition) is 2. The van der Waals surface area contributed by atoms with Crippen molar-refractivity contribution in [2.45, 2.75) is 136 Å². The van der Waals surface area contributed by atoms with E-state index in [1.165, 1.54) is 109 Å². The Morgan fingerprint density at radius 3 is 1.72 bits per heavy atom. The Hall–Kier alpha value is -0.0800. The molecule has 151 valence electrons. The molecule has 25 heavy (non-hydrogen) atoms. The Bertz CT molecular complexity index is 230. The molecule has 0 aliphatic carbocycles. The molecule has 0 heterocycles. The van der Waals surface area contributed by atoms with Gasteiger partial charge in [0.15, 0.2) is 0 Å². The first-order valence-electron chi connectivity index (χ1n) is 11.5. The maximum Gasteiger partial charge on any atom is 0.0512 e. The Morgan fingerprint density at radius 2 is 1.16 bits per heavy atom. The Morgan fingerprint density at radius 1 is 0.680 bits per heavy atom. The molecule has 0 rings (SSSR count). The summed E-state index contributed by atoms with van der Waals surface area (Å²) in [6, 6.07) is 0. The van der Waals surface area contributed by atoms with Crippen molar-refractivity contribution in [1.29, 1.82) is 0 Å². The summed E-state index contributed by atoms with van der Waals surface area (Å²) in [6.45, 7) is 7.61. The van der Waals surface area contributed by atoms with Crippen LogP contribution in [0.25, 0.3) is 0 Å². The van der Waals surface area contributed by atoms with E-state index in [0.717, 1.165) is 13.0 Å². The first-order chi connectivity index (χ1) is 12.3. The fourth-order valence-electron chi connectivity index (χ4n) is 3.31. The van der Waals surface area contributed by atoms with Gasteiger partial charge in [0.05, 0.1) is 6.10 Å². The fourth-order valence-corrected chi connectivity index (χ4v) is 3.31. The van der Waals surface area contributed by atoms with E-state index in [9.17, 15) is 5.11 Å². The third-order valence-electron chi connectivity index (χ3n) is 5.04. The zero-order chi connectivity index (χ0) is 18.4. The highest BCUT2D eigenvalue weighted by Crippen LogP contribution is 2.11.